The zero-order chi connectivity index (χ0) is 15.2. The van der Waals surface area contributed by atoms with Gasteiger partial charge in [-0.15, -0.1) is 0 Å². The van der Waals surface area contributed by atoms with Gasteiger partial charge in [-0.3, -0.25) is 4.79 Å². The zero-order valence-electron chi connectivity index (χ0n) is 13.0. The lowest BCUT2D eigenvalue weighted by molar-refractivity contribution is -0.121. The molecule has 0 unspecified atom stereocenters. The fourth-order valence-corrected chi connectivity index (χ4v) is 2.57. The van der Waals surface area contributed by atoms with E-state index in [4.69, 9.17) is 0 Å². The molecule has 0 saturated heterocycles. The van der Waals surface area contributed by atoms with Gasteiger partial charge in [-0.1, -0.05) is 61.0 Å². The summed E-state index contributed by atoms with van der Waals surface area (Å²) in [5.74, 6) is 0.0812. The molecule has 0 aliphatic carbocycles. The average Bonchev–Trinajstić information content (AvgIpc) is 2.48. The Kier molecular flexibility index (Phi) is 5.15. The van der Waals surface area contributed by atoms with Crippen molar-refractivity contribution in [2.45, 2.75) is 39.7 Å². The topological polar surface area (TPSA) is 29.1 Å². The molecule has 0 aliphatic rings. The first-order valence-electron chi connectivity index (χ1n) is 7.50. The van der Waals surface area contributed by atoms with E-state index < -0.39 is 0 Å². The van der Waals surface area contributed by atoms with Gasteiger partial charge in [0.05, 0.1) is 12.5 Å². The van der Waals surface area contributed by atoms with E-state index in [1.54, 1.807) is 0 Å². The fraction of sp³-hybridized carbons (Fsp3) is 0.316. The Labute approximate surface area is 127 Å². The Balaban J connectivity index is 2.03. The Bertz CT molecular complexity index is 604. The minimum Gasteiger partial charge on any atom is -0.349 e. The van der Waals surface area contributed by atoms with E-state index in [1.807, 2.05) is 24.3 Å². The lowest BCUT2D eigenvalue weighted by Gasteiger charge is -2.18. The van der Waals surface area contributed by atoms with Gasteiger partial charge in [0, 0.05) is 0 Å². The van der Waals surface area contributed by atoms with Crippen molar-refractivity contribution in [1.82, 2.24) is 5.32 Å². The molecule has 0 radical (unpaired) electrons. The molecule has 1 amide bonds. The molecule has 2 nitrogen and oxygen atoms in total. The lowest BCUT2D eigenvalue weighted by Crippen LogP contribution is -2.29. The number of hydrogen-bond acceptors (Lipinski definition) is 1. The standard InChI is InChI=1S/C19H23NO/c1-4-18(16-8-6-5-7-9-16)20-19(21)13-17-11-10-14(2)12-15(17)3/h5-12,18H,4,13H2,1-3H3,(H,20,21)/t18-/m0/s1. The van der Waals surface area contributed by atoms with Gasteiger partial charge in [0.25, 0.3) is 0 Å². The summed E-state index contributed by atoms with van der Waals surface area (Å²) in [6, 6.07) is 16.5. The molecule has 1 atom stereocenters. The molecule has 0 fully saturated rings. The van der Waals surface area contributed by atoms with Crippen LogP contribution in [0.4, 0.5) is 0 Å². The third-order valence-electron chi connectivity index (χ3n) is 3.79. The summed E-state index contributed by atoms with van der Waals surface area (Å²) in [4.78, 5) is 12.3. The van der Waals surface area contributed by atoms with E-state index in [2.05, 4.69) is 50.4 Å². The Morgan fingerprint density at radius 3 is 2.43 bits per heavy atom. The van der Waals surface area contributed by atoms with Crippen LogP contribution in [0.25, 0.3) is 0 Å². The van der Waals surface area contributed by atoms with Gasteiger partial charge in [-0.05, 0) is 37.0 Å². The van der Waals surface area contributed by atoms with E-state index in [-0.39, 0.29) is 11.9 Å². The van der Waals surface area contributed by atoms with Crippen LogP contribution >= 0.6 is 0 Å². The van der Waals surface area contributed by atoms with Crippen LogP contribution in [-0.2, 0) is 11.2 Å². The number of amides is 1. The fourth-order valence-electron chi connectivity index (χ4n) is 2.57. The minimum atomic E-state index is 0.0812. The molecular weight excluding hydrogens is 258 g/mol. The van der Waals surface area contributed by atoms with Crippen molar-refractivity contribution in [3.63, 3.8) is 0 Å². The smallest absolute Gasteiger partial charge is 0.224 e. The van der Waals surface area contributed by atoms with Crippen LogP contribution in [-0.4, -0.2) is 5.91 Å². The molecule has 0 spiro atoms. The van der Waals surface area contributed by atoms with E-state index in [0.29, 0.717) is 6.42 Å². The van der Waals surface area contributed by atoms with Gasteiger partial charge in [-0.2, -0.15) is 0 Å². The zero-order valence-corrected chi connectivity index (χ0v) is 13.0. The monoisotopic (exact) mass is 281 g/mol. The van der Waals surface area contributed by atoms with Crippen molar-refractivity contribution in [2.24, 2.45) is 0 Å². The summed E-state index contributed by atoms with van der Waals surface area (Å²) in [5, 5.41) is 3.13. The molecule has 0 aromatic heterocycles. The predicted octanol–water partition coefficient (Wildman–Crippen LogP) is 4.11. The largest absolute Gasteiger partial charge is 0.349 e. The van der Waals surface area contributed by atoms with Crippen LogP contribution in [0.1, 0.15) is 41.6 Å². The second kappa shape index (κ2) is 7.07. The number of aryl methyl sites for hydroxylation is 2. The third kappa shape index (κ3) is 4.19. The van der Waals surface area contributed by atoms with Crippen molar-refractivity contribution >= 4 is 5.91 Å². The molecule has 2 rings (SSSR count). The Morgan fingerprint density at radius 1 is 1.10 bits per heavy atom. The number of carbonyl (C=O) groups is 1. The molecule has 21 heavy (non-hydrogen) atoms. The van der Waals surface area contributed by atoms with Gasteiger partial charge >= 0.3 is 0 Å². The predicted molar refractivity (Wildman–Crippen MR) is 87.2 cm³/mol. The summed E-state index contributed by atoms with van der Waals surface area (Å²) >= 11 is 0. The molecule has 2 heteroatoms. The second-order valence-corrected chi connectivity index (χ2v) is 5.55. The molecule has 0 bridgehead atoms. The van der Waals surface area contributed by atoms with E-state index in [1.165, 1.54) is 11.1 Å². The van der Waals surface area contributed by atoms with Crippen molar-refractivity contribution in [2.75, 3.05) is 0 Å². The molecule has 0 aliphatic heterocycles. The van der Waals surface area contributed by atoms with E-state index in [0.717, 1.165) is 17.5 Å². The highest BCUT2D eigenvalue weighted by Crippen LogP contribution is 2.17. The van der Waals surface area contributed by atoms with Gasteiger partial charge in [0.1, 0.15) is 0 Å². The van der Waals surface area contributed by atoms with Crippen molar-refractivity contribution in [3.05, 3.63) is 70.8 Å². The molecule has 2 aromatic carbocycles. The van der Waals surface area contributed by atoms with Gasteiger partial charge < -0.3 is 5.32 Å². The number of hydrogen-bond donors (Lipinski definition) is 1. The maximum Gasteiger partial charge on any atom is 0.224 e. The molecule has 2 aromatic rings. The number of nitrogens with one attached hydrogen (secondary N) is 1. The highest BCUT2D eigenvalue weighted by Gasteiger charge is 2.13. The third-order valence-corrected chi connectivity index (χ3v) is 3.79. The van der Waals surface area contributed by atoms with Crippen molar-refractivity contribution < 1.29 is 4.79 Å². The second-order valence-electron chi connectivity index (χ2n) is 5.55. The SMILES string of the molecule is CC[C@H](NC(=O)Cc1ccc(C)cc1C)c1ccccc1. The normalized spacial score (nSPS) is 12.0. The summed E-state index contributed by atoms with van der Waals surface area (Å²) in [7, 11) is 0. The highest BCUT2D eigenvalue weighted by atomic mass is 16.1. The van der Waals surface area contributed by atoms with Crippen molar-refractivity contribution in [3.8, 4) is 0 Å². The number of benzene rings is 2. The van der Waals surface area contributed by atoms with Crippen LogP contribution in [0.3, 0.4) is 0 Å². The highest BCUT2D eigenvalue weighted by molar-refractivity contribution is 5.79. The maximum atomic E-state index is 12.3. The minimum absolute atomic E-state index is 0.0812. The summed E-state index contributed by atoms with van der Waals surface area (Å²) in [5.41, 5.74) is 4.67. The van der Waals surface area contributed by atoms with Crippen LogP contribution in [0.5, 0.6) is 0 Å². The lowest BCUT2D eigenvalue weighted by atomic mass is 10.0. The van der Waals surface area contributed by atoms with E-state index >= 15 is 0 Å². The van der Waals surface area contributed by atoms with Gasteiger partial charge in [0.15, 0.2) is 0 Å². The quantitative estimate of drug-likeness (QED) is 0.878. The summed E-state index contributed by atoms with van der Waals surface area (Å²) < 4.78 is 0. The first-order chi connectivity index (χ1) is 10.1. The number of rotatable bonds is 5. The van der Waals surface area contributed by atoms with Crippen LogP contribution in [0, 0.1) is 13.8 Å². The van der Waals surface area contributed by atoms with E-state index in [9.17, 15) is 4.79 Å². The van der Waals surface area contributed by atoms with Gasteiger partial charge in [-0.25, -0.2) is 0 Å². The maximum absolute atomic E-state index is 12.3. The average molecular weight is 281 g/mol. The van der Waals surface area contributed by atoms with Gasteiger partial charge in [0.2, 0.25) is 5.91 Å². The Hall–Kier alpha value is -2.09. The Morgan fingerprint density at radius 2 is 1.81 bits per heavy atom. The van der Waals surface area contributed by atoms with Crippen molar-refractivity contribution in [1.29, 1.82) is 0 Å². The molecule has 0 heterocycles. The molecule has 1 N–H and O–H groups in total. The first-order valence-corrected chi connectivity index (χ1v) is 7.50. The summed E-state index contributed by atoms with van der Waals surface area (Å²) in [6.45, 7) is 6.22. The number of carbonyl (C=O) groups excluding carboxylic acids is 1. The molecule has 0 saturated carbocycles. The first kappa shape index (κ1) is 15.3. The van der Waals surface area contributed by atoms with Crippen LogP contribution < -0.4 is 5.32 Å². The van der Waals surface area contributed by atoms with Crippen LogP contribution in [0.2, 0.25) is 0 Å². The van der Waals surface area contributed by atoms with Crippen LogP contribution in [0.15, 0.2) is 48.5 Å². The molecular formula is C19H23NO. The molecule has 110 valence electrons. The summed E-state index contributed by atoms with van der Waals surface area (Å²) in [6.07, 6.45) is 1.33.